The minimum absolute atomic E-state index is 0.346. The van der Waals surface area contributed by atoms with E-state index in [-0.39, 0.29) is 0 Å². The van der Waals surface area contributed by atoms with Crippen LogP contribution in [0.3, 0.4) is 0 Å². The number of guanidine groups is 1. The van der Waals surface area contributed by atoms with Gasteiger partial charge in [0.15, 0.2) is 5.96 Å². The van der Waals surface area contributed by atoms with E-state index in [1.54, 1.807) is 14.2 Å². The van der Waals surface area contributed by atoms with Crippen molar-refractivity contribution in [1.82, 2.24) is 15.6 Å². The number of pyridine rings is 1. The van der Waals surface area contributed by atoms with Gasteiger partial charge in [0.2, 0.25) is 0 Å². The Kier molecular flexibility index (Phi) is 6.76. The van der Waals surface area contributed by atoms with Crippen molar-refractivity contribution in [2.24, 2.45) is 4.99 Å². The molecular weight excluding hydrogens is 362 g/mol. The number of hydrogen-bond acceptors (Lipinski definition) is 4. The maximum atomic E-state index is 5.82. The highest BCUT2D eigenvalue weighted by molar-refractivity contribution is 6.29. The van der Waals surface area contributed by atoms with Crippen LogP contribution in [0, 0.1) is 0 Å². The molecule has 1 fully saturated rings. The summed E-state index contributed by atoms with van der Waals surface area (Å²) in [5.74, 6) is 1.74. The normalized spacial score (nSPS) is 17.1. The molecule has 1 unspecified atom stereocenters. The van der Waals surface area contributed by atoms with E-state index in [9.17, 15) is 0 Å². The predicted molar refractivity (Wildman–Crippen MR) is 111 cm³/mol. The van der Waals surface area contributed by atoms with Gasteiger partial charge >= 0.3 is 0 Å². The van der Waals surface area contributed by atoms with Crippen molar-refractivity contribution in [1.29, 1.82) is 0 Å². The van der Waals surface area contributed by atoms with Crippen molar-refractivity contribution in [2.75, 3.05) is 38.7 Å². The van der Waals surface area contributed by atoms with Crippen molar-refractivity contribution in [2.45, 2.75) is 18.9 Å². The summed E-state index contributed by atoms with van der Waals surface area (Å²) in [5.41, 5.74) is 2.29. The number of nitrogens with zero attached hydrogens (tertiary/aromatic N) is 3. The number of methoxy groups -OCH3 is 1. The molecule has 7 heteroatoms. The van der Waals surface area contributed by atoms with Crippen LogP contribution in [0.5, 0.6) is 5.75 Å². The molecule has 1 atom stereocenters. The topological polar surface area (TPSA) is 61.8 Å². The fourth-order valence-electron chi connectivity index (χ4n) is 3.26. The van der Waals surface area contributed by atoms with Crippen LogP contribution in [-0.2, 0) is 6.42 Å². The maximum Gasteiger partial charge on any atom is 0.191 e. The van der Waals surface area contributed by atoms with E-state index in [4.69, 9.17) is 16.3 Å². The zero-order valence-electron chi connectivity index (χ0n) is 15.8. The van der Waals surface area contributed by atoms with Gasteiger partial charge in [-0.2, -0.15) is 0 Å². The Hall–Kier alpha value is -2.47. The molecule has 1 aliphatic rings. The Morgan fingerprint density at radius 1 is 1.33 bits per heavy atom. The Bertz CT molecular complexity index is 765. The first kappa shape index (κ1) is 19.3. The Labute approximate surface area is 165 Å². The summed E-state index contributed by atoms with van der Waals surface area (Å²) in [7, 11) is 3.51. The summed E-state index contributed by atoms with van der Waals surface area (Å²) in [4.78, 5) is 10.8. The van der Waals surface area contributed by atoms with Gasteiger partial charge in [-0.3, -0.25) is 4.99 Å². The van der Waals surface area contributed by atoms with Gasteiger partial charge in [0.1, 0.15) is 10.9 Å². The molecule has 0 radical (unpaired) electrons. The molecule has 0 amide bonds. The van der Waals surface area contributed by atoms with E-state index in [2.05, 4.69) is 31.6 Å². The van der Waals surface area contributed by atoms with E-state index in [0.29, 0.717) is 11.2 Å². The molecule has 27 heavy (non-hydrogen) atoms. The van der Waals surface area contributed by atoms with Crippen molar-refractivity contribution in [3.05, 3.63) is 53.3 Å². The third-order valence-corrected chi connectivity index (χ3v) is 4.90. The molecule has 6 nitrogen and oxygen atoms in total. The molecule has 2 heterocycles. The van der Waals surface area contributed by atoms with Gasteiger partial charge in [-0.25, -0.2) is 4.98 Å². The summed E-state index contributed by atoms with van der Waals surface area (Å²) >= 11 is 5.82. The second-order valence-corrected chi connectivity index (χ2v) is 6.87. The fraction of sp³-hybridized carbons (Fsp3) is 0.400. The van der Waals surface area contributed by atoms with Crippen LogP contribution in [0.1, 0.15) is 12.0 Å². The molecule has 0 saturated carbocycles. The molecule has 1 saturated heterocycles. The number of para-hydroxylation sites is 2. The van der Waals surface area contributed by atoms with Gasteiger partial charge in [0.05, 0.1) is 12.8 Å². The highest BCUT2D eigenvalue weighted by Gasteiger charge is 2.25. The van der Waals surface area contributed by atoms with E-state index in [1.807, 2.05) is 36.5 Å². The molecule has 144 valence electrons. The van der Waals surface area contributed by atoms with Gasteiger partial charge in [-0.05, 0) is 36.6 Å². The average molecular weight is 388 g/mol. The number of hydrogen-bond donors (Lipinski definition) is 2. The summed E-state index contributed by atoms with van der Waals surface area (Å²) in [6.07, 6.45) is 3.73. The van der Waals surface area contributed by atoms with Crippen LogP contribution in [0.15, 0.2) is 47.6 Å². The van der Waals surface area contributed by atoms with Gasteiger partial charge in [-0.15, -0.1) is 0 Å². The van der Waals surface area contributed by atoms with E-state index in [0.717, 1.165) is 55.4 Å². The molecule has 2 aromatic rings. The molecule has 1 aromatic heterocycles. The number of anilines is 1. The standard InChI is InChI=1S/C20H26ClN5O/c1-22-20(23-11-9-15-7-8-19(21)24-13-15)25-16-10-12-26(14-16)17-5-3-4-6-18(17)27-2/h3-8,13,16H,9-12,14H2,1-2H3,(H2,22,23,25). The van der Waals surface area contributed by atoms with Gasteiger partial charge in [0.25, 0.3) is 0 Å². The van der Waals surface area contributed by atoms with Crippen LogP contribution in [0.25, 0.3) is 0 Å². The third-order valence-electron chi connectivity index (χ3n) is 4.67. The quantitative estimate of drug-likeness (QED) is 0.453. The zero-order chi connectivity index (χ0) is 19.1. The molecule has 3 rings (SSSR count). The highest BCUT2D eigenvalue weighted by atomic mass is 35.5. The van der Waals surface area contributed by atoms with E-state index in [1.165, 1.54) is 0 Å². The Morgan fingerprint density at radius 3 is 2.93 bits per heavy atom. The number of ether oxygens (including phenoxy) is 1. The maximum absolute atomic E-state index is 5.82. The van der Waals surface area contributed by atoms with Crippen LogP contribution in [0.4, 0.5) is 5.69 Å². The molecule has 1 aromatic carbocycles. The zero-order valence-corrected chi connectivity index (χ0v) is 16.5. The van der Waals surface area contributed by atoms with E-state index < -0.39 is 0 Å². The van der Waals surface area contributed by atoms with Crippen LogP contribution in [0.2, 0.25) is 5.15 Å². The van der Waals surface area contributed by atoms with Crippen LogP contribution in [-0.4, -0.2) is 50.8 Å². The number of aromatic nitrogens is 1. The SMILES string of the molecule is CN=C(NCCc1ccc(Cl)nc1)NC1CCN(c2ccccc2OC)C1. The van der Waals surface area contributed by atoms with Crippen molar-refractivity contribution in [3.8, 4) is 5.75 Å². The minimum atomic E-state index is 0.346. The first-order chi connectivity index (χ1) is 13.2. The number of halogens is 1. The lowest BCUT2D eigenvalue weighted by atomic mass is 10.2. The second kappa shape index (κ2) is 9.46. The van der Waals surface area contributed by atoms with E-state index >= 15 is 0 Å². The first-order valence-corrected chi connectivity index (χ1v) is 9.53. The molecule has 0 spiro atoms. The predicted octanol–water partition coefficient (Wildman–Crippen LogP) is 2.73. The summed E-state index contributed by atoms with van der Waals surface area (Å²) < 4.78 is 5.49. The largest absolute Gasteiger partial charge is 0.495 e. The minimum Gasteiger partial charge on any atom is -0.495 e. The molecule has 0 aliphatic carbocycles. The number of nitrogens with one attached hydrogen (secondary N) is 2. The number of rotatable bonds is 6. The molecule has 1 aliphatic heterocycles. The van der Waals surface area contributed by atoms with Crippen molar-refractivity contribution >= 4 is 23.2 Å². The van der Waals surface area contributed by atoms with Gasteiger partial charge < -0.3 is 20.3 Å². The monoisotopic (exact) mass is 387 g/mol. The Balaban J connectivity index is 1.48. The smallest absolute Gasteiger partial charge is 0.191 e. The van der Waals surface area contributed by atoms with Gasteiger partial charge in [-0.1, -0.05) is 29.8 Å². The average Bonchev–Trinajstić information content (AvgIpc) is 3.17. The molecule has 2 N–H and O–H groups in total. The molecule has 0 bridgehead atoms. The third kappa shape index (κ3) is 5.26. The Morgan fingerprint density at radius 2 is 2.19 bits per heavy atom. The van der Waals surface area contributed by atoms with Crippen LogP contribution >= 0.6 is 11.6 Å². The number of benzene rings is 1. The highest BCUT2D eigenvalue weighted by Crippen LogP contribution is 2.30. The van der Waals surface area contributed by atoms with Gasteiger partial charge in [0, 0.05) is 38.9 Å². The first-order valence-electron chi connectivity index (χ1n) is 9.15. The summed E-state index contributed by atoms with van der Waals surface area (Å²) in [6, 6.07) is 12.3. The number of aliphatic imine (C=N–C) groups is 1. The lowest BCUT2D eigenvalue weighted by Crippen LogP contribution is -2.45. The summed E-state index contributed by atoms with van der Waals surface area (Å²) in [5, 5.41) is 7.41. The fourth-order valence-corrected chi connectivity index (χ4v) is 3.37. The van der Waals surface area contributed by atoms with Crippen LogP contribution < -0.4 is 20.3 Å². The molecular formula is C20H26ClN5O. The lowest BCUT2D eigenvalue weighted by Gasteiger charge is -2.22. The summed E-state index contributed by atoms with van der Waals surface area (Å²) in [6.45, 7) is 2.69. The van der Waals surface area contributed by atoms with Crippen molar-refractivity contribution < 1.29 is 4.74 Å². The van der Waals surface area contributed by atoms with Crippen molar-refractivity contribution in [3.63, 3.8) is 0 Å². The lowest BCUT2D eigenvalue weighted by molar-refractivity contribution is 0.415. The second-order valence-electron chi connectivity index (χ2n) is 6.49.